The van der Waals surface area contributed by atoms with Gasteiger partial charge in [-0.1, -0.05) is 0 Å². The molecule has 21 heavy (non-hydrogen) atoms. The molecule has 0 aliphatic rings. The van der Waals surface area contributed by atoms with Crippen LogP contribution in [0.1, 0.15) is 10.4 Å². The van der Waals surface area contributed by atoms with Gasteiger partial charge in [0.05, 0.1) is 31.1 Å². The van der Waals surface area contributed by atoms with Gasteiger partial charge in [0.2, 0.25) is 10.0 Å². The molecule has 0 aromatic heterocycles. The first-order chi connectivity index (χ1) is 9.81. The molecule has 1 aromatic carbocycles. The van der Waals surface area contributed by atoms with Gasteiger partial charge in [-0.2, -0.15) is 0 Å². The van der Waals surface area contributed by atoms with Crippen LogP contribution >= 0.6 is 0 Å². The number of hydrogen-bond donors (Lipinski definition) is 3. The van der Waals surface area contributed by atoms with Crippen LogP contribution in [0.5, 0.6) is 0 Å². The molecular weight excluding hydrogens is 300 g/mol. The number of aliphatic hydroxyl groups excluding tert-OH is 1. The van der Waals surface area contributed by atoms with Crippen LogP contribution in [-0.4, -0.2) is 53.0 Å². The third-order valence-corrected chi connectivity index (χ3v) is 4.09. The van der Waals surface area contributed by atoms with Crippen LogP contribution in [-0.2, 0) is 19.5 Å². The monoisotopic (exact) mass is 318 g/mol. The number of benzene rings is 1. The summed E-state index contributed by atoms with van der Waals surface area (Å²) in [5.41, 5.74) is 5.71. The van der Waals surface area contributed by atoms with Crippen molar-refractivity contribution in [1.82, 2.24) is 4.72 Å². The Labute approximate surface area is 122 Å². The zero-order valence-electron chi connectivity index (χ0n) is 11.7. The lowest BCUT2D eigenvalue weighted by molar-refractivity contribution is 0.0600. The Bertz CT molecular complexity index is 602. The predicted molar refractivity (Wildman–Crippen MR) is 75.3 cm³/mol. The van der Waals surface area contributed by atoms with Gasteiger partial charge in [0.1, 0.15) is 4.90 Å². The molecule has 8 nitrogen and oxygen atoms in total. The molecule has 1 atom stereocenters. The molecule has 0 fully saturated rings. The van der Waals surface area contributed by atoms with Gasteiger partial charge in [-0.15, -0.1) is 0 Å². The van der Waals surface area contributed by atoms with Crippen molar-refractivity contribution in [2.75, 3.05) is 33.1 Å². The van der Waals surface area contributed by atoms with E-state index in [4.69, 9.17) is 10.5 Å². The van der Waals surface area contributed by atoms with E-state index in [1.54, 1.807) is 0 Å². The summed E-state index contributed by atoms with van der Waals surface area (Å²) < 4.78 is 35.5. The number of sulfonamides is 1. The molecule has 0 heterocycles. The minimum Gasteiger partial charge on any atom is -0.465 e. The van der Waals surface area contributed by atoms with Crippen molar-refractivity contribution >= 4 is 21.7 Å². The molecule has 9 heteroatoms. The Balaban J connectivity index is 2.91. The van der Waals surface area contributed by atoms with E-state index >= 15 is 0 Å². The van der Waals surface area contributed by atoms with Crippen molar-refractivity contribution in [2.24, 2.45) is 0 Å². The molecule has 0 amide bonds. The summed E-state index contributed by atoms with van der Waals surface area (Å²) in [7, 11) is -1.30. The van der Waals surface area contributed by atoms with Gasteiger partial charge in [0.15, 0.2) is 0 Å². The zero-order chi connectivity index (χ0) is 16.0. The molecule has 1 aromatic rings. The Hall–Kier alpha value is -1.68. The van der Waals surface area contributed by atoms with Crippen LogP contribution in [0, 0.1) is 0 Å². The highest BCUT2D eigenvalue weighted by molar-refractivity contribution is 7.89. The molecule has 1 unspecified atom stereocenters. The van der Waals surface area contributed by atoms with E-state index in [-0.39, 0.29) is 29.3 Å². The molecule has 0 bridgehead atoms. The summed E-state index contributed by atoms with van der Waals surface area (Å²) in [5.74, 6) is -0.617. The lowest BCUT2D eigenvalue weighted by Gasteiger charge is -2.13. The second-order valence-electron chi connectivity index (χ2n) is 4.21. The zero-order valence-corrected chi connectivity index (χ0v) is 12.5. The molecule has 118 valence electrons. The Morgan fingerprint density at radius 2 is 2.10 bits per heavy atom. The Morgan fingerprint density at radius 3 is 2.62 bits per heavy atom. The molecular formula is C12H18N2O6S. The van der Waals surface area contributed by atoms with Gasteiger partial charge in [0.25, 0.3) is 0 Å². The van der Waals surface area contributed by atoms with Crippen molar-refractivity contribution in [2.45, 2.75) is 11.0 Å². The van der Waals surface area contributed by atoms with Gasteiger partial charge in [0, 0.05) is 13.7 Å². The van der Waals surface area contributed by atoms with E-state index in [1.807, 2.05) is 0 Å². The molecule has 0 spiro atoms. The topological polar surface area (TPSA) is 128 Å². The summed E-state index contributed by atoms with van der Waals surface area (Å²) in [5, 5.41) is 9.43. The summed E-state index contributed by atoms with van der Waals surface area (Å²) in [6, 6.07) is 3.71. The largest absolute Gasteiger partial charge is 0.465 e. The maximum Gasteiger partial charge on any atom is 0.337 e. The van der Waals surface area contributed by atoms with Crippen LogP contribution in [0.4, 0.5) is 5.69 Å². The summed E-state index contributed by atoms with van der Waals surface area (Å²) in [6.07, 6.45) is -0.972. The van der Waals surface area contributed by atoms with Crippen molar-refractivity contribution < 1.29 is 27.8 Å². The Kier molecular flexibility index (Phi) is 6.09. The minimum absolute atomic E-state index is 0.000714. The number of carbonyl (C=O) groups excluding carboxylic acids is 1. The fourth-order valence-corrected chi connectivity index (χ4v) is 2.76. The quantitative estimate of drug-likeness (QED) is 0.450. The van der Waals surface area contributed by atoms with E-state index in [0.29, 0.717) is 0 Å². The van der Waals surface area contributed by atoms with Gasteiger partial charge in [-0.25, -0.2) is 17.9 Å². The number of aliphatic hydroxyl groups is 1. The number of esters is 1. The first kappa shape index (κ1) is 17.4. The van der Waals surface area contributed by atoms with Crippen LogP contribution in [0.25, 0.3) is 0 Å². The average molecular weight is 318 g/mol. The number of hydrogen-bond acceptors (Lipinski definition) is 7. The molecule has 0 aliphatic heterocycles. The second kappa shape index (κ2) is 7.36. The number of carbonyl (C=O) groups is 1. The molecule has 4 N–H and O–H groups in total. The van der Waals surface area contributed by atoms with E-state index in [9.17, 15) is 18.3 Å². The number of methoxy groups -OCH3 is 2. The third kappa shape index (κ3) is 4.67. The SMILES string of the molecule is COCC(O)CNS(=O)(=O)c1ccc(C(=O)OC)cc1N. The number of nitrogens with one attached hydrogen (secondary N) is 1. The van der Waals surface area contributed by atoms with Crippen LogP contribution < -0.4 is 10.5 Å². The average Bonchev–Trinajstić information content (AvgIpc) is 2.44. The van der Waals surface area contributed by atoms with Crippen molar-refractivity contribution in [3.8, 4) is 0 Å². The number of nitrogen functional groups attached to an aromatic ring is 1. The Morgan fingerprint density at radius 1 is 1.43 bits per heavy atom. The lowest BCUT2D eigenvalue weighted by Crippen LogP contribution is -2.34. The number of anilines is 1. The van der Waals surface area contributed by atoms with E-state index < -0.39 is 22.1 Å². The fraction of sp³-hybridized carbons (Fsp3) is 0.417. The predicted octanol–water partition coefficient (Wildman–Crippen LogP) is -0.659. The number of rotatable bonds is 7. The summed E-state index contributed by atoms with van der Waals surface area (Å²) in [4.78, 5) is 11.1. The fourth-order valence-electron chi connectivity index (χ4n) is 1.57. The molecule has 0 aliphatic carbocycles. The third-order valence-electron chi connectivity index (χ3n) is 2.59. The van der Waals surface area contributed by atoms with E-state index in [2.05, 4.69) is 9.46 Å². The van der Waals surface area contributed by atoms with Gasteiger partial charge in [-0.05, 0) is 18.2 Å². The van der Waals surface area contributed by atoms with Gasteiger partial charge in [-0.3, -0.25) is 0 Å². The van der Waals surface area contributed by atoms with Gasteiger partial charge >= 0.3 is 5.97 Å². The van der Waals surface area contributed by atoms with Crippen molar-refractivity contribution in [1.29, 1.82) is 0 Å². The summed E-state index contributed by atoms with van der Waals surface area (Å²) in [6.45, 7) is -0.215. The molecule has 0 saturated carbocycles. The van der Waals surface area contributed by atoms with Crippen molar-refractivity contribution in [3.05, 3.63) is 23.8 Å². The molecule has 1 rings (SSSR count). The highest BCUT2D eigenvalue weighted by atomic mass is 32.2. The number of ether oxygens (including phenoxy) is 2. The molecule has 0 radical (unpaired) electrons. The van der Waals surface area contributed by atoms with Crippen LogP contribution in [0.3, 0.4) is 0 Å². The van der Waals surface area contributed by atoms with E-state index in [0.717, 1.165) is 0 Å². The normalized spacial score (nSPS) is 12.9. The van der Waals surface area contributed by atoms with Crippen molar-refractivity contribution in [3.63, 3.8) is 0 Å². The first-order valence-corrected chi connectivity index (χ1v) is 7.44. The van der Waals surface area contributed by atoms with Crippen LogP contribution in [0.2, 0.25) is 0 Å². The highest BCUT2D eigenvalue weighted by Crippen LogP contribution is 2.20. The maximum atomic E-state index is 12.1. The first-order valence-electron chi connectivity index (χ1n) is 5.96. The smallest absolute Gasteiger partial charge is 0.337 e. The maximum absolute atomic E-state index is 12.1. The second-order valence-corrected chi connectivity index (χ2v) is 5.94. The molecule has 0 saturated heterocycles. The highest BCUT2D eigenvalue weighted by Gasteiger charge is 2.20. The standard InChI is InChI=1S/C12H18N2O6S/c1-19-7-9(15)6-14-21(17,18)11-4-3-8(5-10(11)13)12(16)20-2/h3-5,9,14-15H,6-7,13H2,1-2H3. The van der Waals surface area contributed by atoms with Gasteiger partial charge < -0.3 is 20.3 Å². The summed E-state index contributed by atoms with van der Waals surface area (Å²) >= 11 is 0. The number of nitrogens with two attached hydrogens (primary N) is 1. The lowest BCUT2D eigenvalue weighted by atomic mass is 10.2. The van der Waals surface area contributed by atoms with Crippen LogP contribution in [0.15, 0.2) is 23.1 Å². The van der Waals surface area contributed by atoms with E-state index in [1.165, 1.54) is 32.4 Å². The minimum atomic E-state index is -3.90.